The summed E-state index contributed by atoms with van der Waals surface area (Å²) in [6, 6.07) is 3.29. The van der Waals surface area contributed by atoms with E-state index < -0.39 is 0 Å². The van der Waals surface area contributed by atoms with Gasteiger partial charge in [-0.2, -0.15) is 10.2 Å². The number of hydrogen-bond acceptors (Lipinski definition) is 4. The van der Waals surface area contributed by atoms with Crippen molar-refractivity contribution in [3.05, 3.63) is 26.6 Å². The maximum Gasteiger partial charge on any atom is 2.00 e. The minimum absolute atomic E-state index is 0. The van der Waals surface area contributed by atoms with E-state index in [1.54, 1.807) is 12.1 Å². The first-order valence-electron chi connectivity index (χ1n) is 3.70. The molecule has 2 N–H and O–H groups in total. The molecule has 0 unspecified atom stereocenters. The van der Waals surface area contributed by atoms with Crippen molar-refractivity contribution in [2.75, 3.05) is 0 Å². The fourth-order valence-corrected chi connectivity index (χ4v) is 2.13. The molecule has 4 nitrogen and oxygen atoms in total. The van der Waals surface area contributed by atoms with Crippen molar-refractivity contribution >= 4 is 79.8 Å². The molecule has 0 saturated carbocycles. The van der Waals surface area contributed by atoms with Crippen molar-refractivity contribution in [3.63, 3.8) is 0 Å². The van der Waals surface area contributed by atoms with Gasteiger partial charge in [0.15, 0.2) is 0 Å². The predicted molar refractivity (Wildman–Crippen MR) is 87.1 cm³/mol. The summed E-state index contributed by atoms with van der Waals surface area (Å²) in [6.07, 6.45) is 1.30. The van der Waals surface area contributed by atoms with Crippen LogP contribution in [0.3, 0.4) is 0 Å². The van der Waals surface area contributed by atoms with Crippen LogP contribution in [-0.2, 0) is 12.6 Å². The smallest absolute Gasteiger partial charge is 0.871 e. The summed E-state index contributed by atoms with van der Waals surface area (Å²) in [6.45, 7) is 0. The Labute approximate surface area is 147 Å². The second-order valence-corrected chi connectivity index (χ2v) is 4.68. The fourth-order valence-electron chi connectivity index (χ4n) is 0.824. The van der Waals surface area contributed by atoms with Gasteiger partial charge < -0.3 is 23.5 Å². The Hall–Kier alpha value is 0.139. The molecule has 0 aliphatic rings. The Morgan fingerprint density at radius 3 is 2.39 bits per heavy atom. The van der Waals surface area contributed by atoms with Gasteiger partial charge in [-0.15, -0.1) is 0 Å². The molecule has 98 valence electrons. The molecular formula is C10H13Br2N3OSSn. The second kappa shape index (κ2) is 11.0. The van der Waals surface area contributed by atoms with Crippen LogP contribution in [0.15, 0.2) is 31.3 Å². The number of rotatable bonds is 2. The average molecular weight is 502 g/mol. The number of nitrogens with zero attached hydrogens (tertiary/aromatic N) is 2. The molecule has 0 aliphatic carbocycles. The molecule has 0 aromatic heterocycles. The summed E-state index contributed by atoms with van der Waals surface area (Å²) >= 11 is 10.9. The first-order chi connectivity index (χ1) is 7.00. The monoisotopic (exact) mass is 501 g/mol. The van der Waals surface area contributed by atoms with Crippen LogP contribution < -0.4 is 10.8 Å². The van der Waals surface area contributed by atoms with Crippen LogP contribution in [0.1, 0.15) is 20.4 Å². The van der Waals surface area contributed by atoms with Gasteiger partial charge in [-0.25, -0.2) is 0 Å². The van der Waals surface area contributed by atoms with E-state index in [-0.39, 0.29) is 49.7 Å². The summed E-state index contributed by atoms with van der Waals surface area (Å²) in [4.78, 5) is 0. The van der Waals surface area contributed by atoms with Crippen LogP contribution in [0.25, 0.3) is 0 Å². The van der Waals surface area contributed by atoms with Gasteiger partial charge in [-0.1, -0.05) is 52.5 Å². The molecule has 0 fully saturated rings. The zero-order valence-electron chi connectivity index (χ0n) is 7.78. The third-order valence-corrected chi connectivity index (χ3v) is 2.52. The first kappa shape index (κ1) is 23.2. The van der Waals surface area contributed by atoms with Crippen LogP contribution >= 0.6 is 31.9 Å². The van der Waals surface area contributed by atoms with Crippen molar-refractivity contribution in [1.82, 2.24) is 0 Å². The standard InChI is InChI=1S/C8H7Br2N3OS.2CH4.Sn/c9-5-1-4(3-12-13-8(11)15)7(14)6(10)2-5;;;/h1-3,14H,(H3,11,13,15);2*1H4;/q;;;+2/p-2/b12-3+;;;. The van der Waals surface area contributed by atoms with Crippen molar-refractivity contribution in [3.8, 4) is 5.75 Å². The molecule has 0 amide bonds. The SMILES string of the molecule is C.C.NC([S-])=N/N=C/c1cc(Br)cc(Br)c1[O-].[Sn+2]. The molecular weight excluding hydrogens is 489 g/mol. The Bertz CT molecular complexity index is 437. The first-order valence-corrected chi connectivity index (χ1v) is 5.69. The van der Waals surface area contributed by atoms with Crippen molar-refractivity contribution < 1.29 is 5.11 Å². The minimum Gasteiger partial charge on any atom is -0.871 e. The molecule has 0 bridgehead atoms. The Morgan fingerprint density at radius 2 is 1.89 bits per heavy atom. The van der Waals surface area contributed by atoms with Crippen LogP contribution in [0.5, 0.6) is 5.75 Å². The maximum atomic E-state index is 11.5. The van der Waals surface area contributed by atoms with Gasteiger partial charge >= 0.3 is 23.9 Å². The van der Waals surface area contributed by atoms with Crippen LogP contribution in [0, 0.1) is 0 Å². The van der Waals surface area contributed by atoms with E-state index in [0.717, 1.165) is 4.47 Å². The number of nitrogens with two attached hydrogens (primary N) is 1. The van der Waals surface area contributed by atoms with Crippen molar-refractivity contribution in [2.45, 2.75) is 14.9 Å². The number of benzene rings is 1. The summed E-state index contributed by atoms with van der Waals surface area (Å²) in [5.74, 6) is -0.167. The van der Waals surface area contributed by atoms with E-state index in [2.05, 4.69) is 54.7 Å². The van der Waals surface area contributed by atoms with Crippen LogP contribution in [0.2, 0.25) is 0 Å². The molecule has 1 rings (SSSR count). The minimum atomic E-state index is -0.167. The molecule has 18 heavy (non-hydrogen) atoms. The largest absolute Gasteiger partial charge is 2.00 e. The van der Waals surface area contributed by atoms with Crippen molar-refractivity contribution in [1.29, 1.82) is 0 Å². The van der Waals surface area contributed by atoms with Crippen LogP contribution in [0.4, 0.5) is 0 Å². The zero-order valence-corrected chi connectivity index (χ0v) is 14.6. The molecule has 0 atom stereocenters. The fraction of sp³-hybridized carbons (Fsp3) is 0.200. The molecule has 0 aliphatic heterocycles. The Morgan fingerprint density at radius 1 is 1.33 bits per heavy atom. The molecule has 0 heterocycles. The van der Waals surface area contributed by atoms with Crippen molar-refractivity contribution in [2.24, 2.45) is 15.9 Å². The molecule has 2 radical (unpaired) electrons. The van der Waals surface area contributed by atoms with E-state index in [1.807, 2.05) is 0 Å². The van der Waals surface area contributed by atoms with Gasteiger partial charge in [0.2, 0.25) is 0 Å². The van der Waals surface area contributed by atoms with E-state index in [4.69, 9.17) is 5.73 Å². The number of hydrogen-bond donors (Lipinski definition) is 1. The summed E-state index contributed by atoms with van der Waals surface area (Å²) in [5, 5.41) is 18.5. The van der Waals surface area contributed by atoms with Gasteiger partial charge in [-0.3, -0.25) is 0 Å². The van der Waals surface area contributed by atoms with Gasteiger partial charge in [0.1, 0.15) is 0 Å². The van der Waals surface area contributed by atoms with E-state index >= 15 is 0 Å². The summed E-state index contributed by atoms with van der Waals surface area (Å²) in [5.41, 5.74) is 5.51. The maximum absolute atomic E-state index is 11.5. The molecule has 0 saturated heterocycles. The quantitative estimate of drug-likeness (QED) is 0.222. The second-order valence-electron chi connectivity index (χ2n) is 2.49. The molecule has 8 heteroatoms. The van der Waals surface area contributed by atoms with E-state index in [0.29, 0.717) is 10.0 Å². The summed E-state index contributed by atoms with van der Waals surface area (Å²) in [7, 11) is 0. The zero-order chi connectivity index (χ0) is 11.4. The predicted octanol–water partition coefficient (Wildman–Crippen LogP) is 2.37. The Kier molecular flexibility index (Phi) is 14.2. The van der Waals surface area contributed by atoms with Gasteiger partial charge in [0, 0.05) is 8.95 Å². The topological polar surface area (TPSA) is 73.8 Å². The summed E-state index contributed by atoms with van der Waals surface area (Å²) < 4.78 is 1.22. The number of halogens is 2. The normalized spacial score (nSPS) is 10.2. The van der Waals surface area contributed by atoms with E-state index in [1.165, 1.54) is 6.21 Å². The molecule has 1 aromatic rings. The van der Waals surface area contributed by atoms with Gasteiger partial charge in [0.05, 0.1) is 6.21 Å². The Balaban J connectivity index is -0.000000750. The molecule has 0 spiro atoms. The third-order valence-electron chi connectivity index (χ3n) is 1.39. The van der Waals surface area contributed by atoms with Gasteiger partial charge in [0.25, 0.3) is 0 Å². The van der Waals surface area contributed by atoms with Gasteiger partial charge in [-0.05, 0) is 22.9 Å². The van der Waals surface area contributed by atoms with Crippen LogP contribution in [-0.4, -0.2) is 35.3 Å². The average Bonchev–Trinajstić information content (AvgIpc) is 2.12. The van der Waals surface area contributed by atoms with E-state index in [9.17, 15) is 5.11 Å². The third kappa shape index (κ3) is 7.55. The molecule has 1 aromatic carbocycles. The number of amidine groups is 1.